The van der Waals surface area contributed by atoms with Gasteiger partial charge in [-0.05, 0) is 55.7 Å². The number of sulfonamides is 1. The number of likely N-dealkylation sites (N-methyl/N-ethyl adjacent to an activating group) is 1. The van der Waals surface area contributed by atoms with Gasteiger partial charge in [0.2, 0.25) is 11.8 Å². The van der Waals surface area contributed by atoms with E-state index in [4.69, 9.17) is 23.2 Å². The van der Waals surface area contributed by atoms with E-state index in [1.165, 1.54) is 35.2 Å². The Labute approximate surface area is 234 Å². The van der Waals surface area contributed by atoms with Crippen LogP contribution < -0.4 is 9.62 Å². The summed E-state index contributed by atoms with van der Waals surface area (Å²) in [5.74, 6) is -0.817. The fourth-order valence-electron chi connectivity index (χ4n) is 4.10. The Bertz CT molecular complexity index is 1340. The van der Waals surface area contributed by atoms with E-state index < -0.39 is 28.5 Å². The number of carbonyl (C=O) groups excluding carboxylic acids is 2. The molecule has 10 heteroatoms. The standard InChI is InChI=1S/C28H31Cl2N3O4S/c1-3-25(28(35)31-4-2)32(18-17-21-11-7-5-8-12-21)27(34)20-33(26-16-15-22(29)19-24(26)30)38(36,37)23-13-9-6-10-14-23/h5-16,19,25H,3-4,17-18,20H2,1-2H3,(H,31,35). The Morgan fingerprint density at radius 1 is 0.921 bits per heavy atom. The van der Waals surface area contributed by atoms with Crippen LogP contribution in [0.4, 0.5) is 5.69 Å². The number of rotatable bonds is 12. The van der Waals surface area contributed by atoms with Gasteiger partial charge in [0.05, 0.1) is 15.6 Å². The molecule has 0 spiro atoms. The first kappa shape index (κ1) is 29.5. The second-order valence-corrected chi connectivity index (χ2v) is 11.3. The fraction of sp³-hybridized carbons (Fsp3) is 0.286. The van der Waals surface area contributed by atoms with Gasteiger partial charge in [0.25, 0.3) is 10.0 Å². The van der Waals surface area contributed by atoms with Crippen LogP contribution in [0.2, 0.25) is 10.0 Å². The molecule has 3 aromatic rings. The maximum Gasteiger partial charge on any atom is 0.264 e. The molecule has 3 rings (SSSR count). The Morgan fingerprint density at radius 2 is 1.55 bits per heavy atom. The van der Waals surface area contributed by atoms with Crippen molar-refractivity contribution in [2.75, 3.05) is 23.9 Å². The number of anilines is 1. The van der Waals surface area contributed by atoms with Gasteiger partial charge in [-0.1, -0.05) is 78.7 Å². The third-order valence-electron chi connectivity index (χ3n) is 6.01. The van der Waals surface area contributed by atoms with E-state index in [1.807, 2.05) is 37.3 Å². The van der Waals surface area contributed by atoms with Crippen LogP contribution in [0.5, 0.6) is 0 Å². The van der Waals surface area contributed by atoms with Gasteiger partial charge in [0, 0.05) is 18.1 Å². The molecule has 0 saturated heterocycles. The summed E-state index contributed by atoms with van der Waals surface area (Å²) in [6.45, 7) is 3.70. The van der Waals surface area contributed by atoms with Crippen molar-refractivity contribution < 1.29 is 18.0 Å². The van der Waals surface area contributed by atoms with E-state index in [0.29, 0.717) is 24.4 Å². The molecule has 202 valence electrons. The largest absolute Gasteiger partial charge is 0.355 e. The lowest BCUT2D eigenvalue weighted by molar-refractivity contribution is -0.139. The molecule has 3 aromatic carbocycles. The van der Waals surface area contributed by atoms with Crippen LogP contribution in [-0.2, 0) is 26.0 Å². The lowest BCUT2D eigenvalue weighted by Crippen LogP contribution is -2.53. The van der Waals surface area contributed by atoms with Crippen molar-refractivity contribution in [2.45, 2.75) is 37.6 Å². The number of nitrogens with zero attached hydrogens (tertiary/aromatic N) is 2. The van der Waals surface area contributed by atoms with Gasteiger partial charge in [-0.3, -0.25) is 13.9 Å². The molecule has 2 amide bonds. The zero-order valence-electron chi connectivity index (χ0n) is 21.3. The van der Waals surface area contributed by atoms with Crippen molar-refractivity contribution in [1.29, 1.82) is 0 Å². The summed E-state index contributed by atoms with van der Waals surface area (Å²) in [5, 5.41) is 3.19. The number of carbonyl (C=O) groups is 2. The van der Waals surface area contributed by atoms with E-state index >= 15 is 0 Å². The predicted molar refractivity (Wildman–Crippen MR) is 152 cm³/mol. The topological polar surface area (TPSA) is 86.8 Å². The number of amides is 2. The van der Waals surface area contributed by atoms with Gasteiger partial charge in [0.1, 0.15) is 12.6 Å². The molecule has 1 unspecified atom stereocenters. The zero-order chi connectivity index (χ0) is 27.7. The second-order valence-electron chi connectivity index (χ2n) is 8.56. The van der Waals surface area contributed by atoms with E-state index in [-0.39, 0.29) is 28.1 Å². The molecule has 0 aliphatic heterocycles. The number of nitrogens with one attached hydrogen (secondary N) is 1. The van der Waals surface area contributed by atoms with Crippen LogP contribution in [-0.4, -0.2) is 50.8 Å². The lowest BCUT2D eigenvalue weighted by atomic mass is 10.1. The maximum absolute atomic E-state index is 13.9. The third kappa shape index (κ3) is 7.28. The Kier molecular flexibility index (Phi) is 10.6. The normalized spacial score (nSPS) is 12.0. The molecule has 0 aliphatic rings. The quantitative estimate of drug-likeness (QED) is 0.322. The van der Waals surface area contributed by atoms with Crippen molar-refractivity contribution in [2.24, 2.45) is 0 Å². The van der Waals surface area contributed by atoms with Crippen molar-refractivity contribution in [1.82, 2.24) is 10.2 Å². The first-order valence-electron chi connectivity index (χ1n) is 12.3. The summed E-state index contributed by atoms with van der Waals surface area (Å²) in [7, 11) is -4.19. The van der Waals surface area contributed by atoms with Gasteiger partial charge < -0.3 is 10.2 Å². The number of benzene rings is 3. The van der Waals surface area contributed by atoms with Gasteiger partial charge >= 0.3 is 0 Å². The maximum atomic E-state index is 13.9. The van der Waals surface area contributed by atoms with Crippen molar-refractivity contribution in [3.8, 4) is 0 Å². The third-order valence-corrected chi connectivity index (χ3v) is 8.32. The summed E-state index contributed by atoms with van der Waals surface area (Å²) in [5.41, 5.74) is 1.10. The zero-order valence-corrected chi connectivity index (χ0v) is 23.6. The molecule has 0 radical (unpaired) electrons. The smallest absolute Gasteiger partial charge is 0.264 e. The highest BCUT2D eigenvalue weighted by Crippen LogP contribution is 2.33. The Morgan fingerprint density at radius 3 is 2.13 bits per heavy atom. The van der Waals surface area contributed by atoms with Crippen molar-refractivity contribution >= 4 is 50.7 Å². The minimum absolute atomic E-state index is 0.00502. The Hall–Kier alpha value is -3.07. The van der Waals surface area contributed by atoms with Crippen LogP contribution in [0.25, 0.3) is 0 Å². The van der Waals surface area contributed by atoms with Crippen LogP contribution in [0.15, 0.2) is 83.8 Å². The highest BCUT2D eigenvalue weighted by Gasteiger charge is 2.34. The van der Waals surface area contributed by atoms with Gasteiger partial charge in [0.15, 0.2) is 0 Å². The second kappa shape index (κ2) is 13.6. The molecular weight excluding hydrogens is 545 g/mol. The first-order chi connectivity index (χ1) is 18.2. The number of halogens is 2. The molecule has 0 saturated carbocycles. The summed E-state index contributed by atoms with van der Waals surface area (Å²) in [6, 6.07) is 21.0. The summed E-state index contributed by atoms with van der Waals surface area (Å²) in [4.78, 5) is 28.3. The Balaban J connectivity index is 2.02. The number of hydrogen-bond acceptors (Lipinski definition) is 4. The van der Waals surface area contributed by atoms with Crippen LogP contribution in [0.3, 0.4) is 0 Å². The molecule has 0 aromatic heterocycles. The van der Waals surface area contributed by atoms with E-state index in [0.717, 1.165) is 9.87 Å². The van der Waals surface area contributed by atoms with Gasteiger partial charge in [-0.15, -0.1) is 0 Å². The van der Waals surface area contributed by atoms with Crippen LogP contribution >= 0.6 is 23.2 Å². The van der Waals surface area contributed by atoms with E-state index in [1.54, 1.807) is 25.1 Å². The minimum atomic E-state index is -4.19. The molecule has 1 N–H and O–H groups in total. The van der Waals surface area contributed by atoms with Gasteiger partial charge in [-0.2, -0.15) is 0 Å². The van der Waals surface area contributed by atoms with Crippen molar-refractivity contribution in [3.63, 3.8) is 0 Å². The molecule has 7 nitrogen and oxygen atoms in total. The summed E-state index contributed by atoms with van der Waals surface area (Å²) in [6.07, 6.45) is 0.856. The summed E-state index contributed by atoms with van der Waals surface area (Å²) >= 11 is 12.5. The summed E-state index contributed by atoms with van der Waals surface area (Å²) < 4.78 is 28.5. The van der Waals surface area contributed by atoms with E-state index in [9.17, 15) is 18.0 Å². The first-order valence-corrected chi connectivity index (χ1v) is 14.5. The predicted octanol–water partition coefficient (Wildman–Crippen LogP) is 5.17. The molecule has 0 aliphatic carbocycles. The van der Waals surface area contributed by atoms with Crippen LogP contribution in [0, 0.1) is 0 Å². The minimum Gasteiger partial charge on any atom is -0.355 e. The molecule has 0 heterocycles. The van der Waals surface area contributed by atoms with Crippen molar-refractivity contribution in [3.05, 3.63) is 94.5 Å². The van der Waals surface area contributed by atoms with Crippen LogP contribution in [0.1, 0.15) is 25.8 Å². The van der Waals surface area contributed by atoms with E-state index in [2.05, 4.69) is 5.32 Å². The number of hydrogen-bond donors (Lipinski definition) is 1. The molecule has 38 heavy (non-hydrogen) atoms. The average Bonchev–Trinajstić information content (AvgIpc) is 2.91. The highest BCUT2D eigenvalue weighted by atomic mass is 35.5. The van der Waals surface area contributed by atoms with Gasteiger partial charge in [-0.25, -0.2) is 8.42 Å². The monoisotopic (exact) mass is 575 g/mol. The highest BCUT2D eigenvalue weighted by molar-refractivity contribution is 7.92. The molecular formula is C28H31Cl2N3O4S. The fourth-order valence-corrected chi connectivity index (χ4v) is 6.12. The molecule has 0 bridgehead atoms. The molecule has 0 fully saturated rings. The SMILES string of the molecule is CCNC(=O)C(CC)N(CCc1ccccc1)C(=O)CN(c1ccc(Cl)cc1Cl)S(=O)(=O)c1ccccc1. The lowest BCUT2D eigenvalue weighted by Gasteiger charge is -2.33. The molecule has 1 atom stereocenters. The average molecular weight is 577 g/mol.